The van der Waals surface area contributed by atoms with Crippen LogP contribution in [-0.4, -0.2) is 13.2 Å². The van der Waals surface area contributed by atoms with E-state index in [0.29, 0.717) is 11.3 Å². The van der Waals surface area contributed by atoms with E-state index in [-0.39, 0.29) is 30.0 Å². The smallest absolute Gasteiger partial charge is 0.362 e. The molecule has 0 amide bonds. The molecule has 150 valence electrons. The van der Waals surface area contributed by atoms with Gasteiger partial charge in [0.1, 0.15) is 17.4 Å². The standard InChI is InChI=1S/C22H23N2O4P/c1-3-26-29(25,27-4-2)21-19(16-11-7-5-8-12-16)18(15-23)22(24)28-20(21)17-13-9-6-10-14-17/h5-14,19H,3-4,24H2,1-2H3/t19-/m1/s1. The van der Waals surface area contributed by atoms with E-state index in [1.54, 1.807) is 13.8 Å². The predicted octanol–water partition coefficient (Wildman–Crippen LogP) is 5.13. The lowest BCUT2D eigenvalue weighted by Crippen LogP contribution is -2.22. The summed E-state index contributed by atoms with van der Waals surface area (Å²) in [5.74, 6) is -0.446. The monoisotopic (exact) mass is 410 g/mol. The van der Waals surface area contributed by atoms with Crippen molar-refractivity contribution in [3.8, 4) is 6.07 Å². The topological polar surface area (TPSA) is 94.6 Å². The highest BCUT2D eigenvalue weighted by molar-refractivity contribution is 7.58. The first-order valence-electron chi connectivity index (χ1n) is 9.37. The molecule has 7 heteroatoms. The van der Waals surface area contributed by atoms with Crippen molar-refractivity contribution in [3.63, 3.8) is 0 Å². The second kappa shape index (κ2) is 9.11. The number of benzene rings is 2. The molecule has 1 aliphatic rings. The van der Waals surface area contributed by atoms with Crippen molar-refractivity contribution in [1.29, 1.82) is 5.26 Å². The molecule has 0 spiro atoms. The van der Waals surface area contributed by atoms with E-state index in [1.165, 1.54) is 0 Å². The van der Waals surface area contributed by atoms with E-state index in [4.69, 9.17) is 19.5 Å². The first kappa shape index (κ1) is 20.9. The Morgan fingerprint density at radius 2 is 1.59 bits per heavy atom. The van der Waals surface area contributed by atoms with Gasteiger partial charge in [0.25, 0.3) is 0 Å². The fourth-order valence-corrected chi connectivity index (χ4v) is 5.36. The predicted molar refractivity (Wildman–Crippen MR) is 111 cm³/mol. The Balaban J connectivity index is 2.36. The molecular weight excluding hydrogens is 387 g/mol. The Kier molecular flexibility index (Phi) is 6.56. The van der Waals surface area contributed by atoms with Crippen molar-refractivity contribution < 1.29 is 18.3 Å². The number of hydrogen-bond donors (Lipinski definition) is 1. The largest absolute Gasteiger partial charge is 0.439 e. The van der Waals surface area contributed by atoms with Gasteiger partial charge in [0.15, 0.2) is 0 Å². The van der Waals surface area contributed by atoms with E-state index < -0.39 is 13.5 Å². The Bertz CT molecular complexity index is 1000. The number of nitrogens with zero attached hydrogens (tertiary/aromatic N) is 1. The van der Waals surface area contributed by atoms with Crippen LogP contribution >= 0.6 is 7.60 Å². The molecule has 0 radical (unpaired) electrons. The minimum atomic E-state index is -3.80. The summed E-state index contributed by atoms with van der Waals surface area (Å²) < 4.78 is 31.1. The number of nitrogens with two attached hydrogens (primary N) is 1. The Morgan fingerprint density at radius 3 is 2.10 bits per heavy atom. The van der Waals surface area contributed by atoms with Crippen molar-refractivity contribution >= 4 is 13.4 Å². The molecule has 1 aliphatic heterocycles. The highest BCUT2D eigenvalue weighted by Gasteiger charge is 2.45. The zero-order valence-electron chi connectivity index (χ0n) is 16.4. The van der Waals surface area contributed by atoms with Crippen LogP contribution in [0.25, 0.3) is 5.76 Å². The molecule has 1 heterocycles. The number of allylic oxidation sites excluding steroid dienone is 2. The molecule has 29 heavy (non-hydrogen) atoms. The van der Waals surface area contributed by atoms with Gasteiger partial charge in [-0.15, -0.1) is 0 Å². The van der Waals surface area contributed by atoms with Crippen LogP contribution in [0.5, 0.6) is 0 Å². The van der Waals surface area contributed by atoms with Gasteiger partial charge in [-0.25, -0.2) is 0 Å². The average Bonchev–Trinajstić information content (AvgIpc) is 2.74. The summed E-state index contributed by atoms with van der Waals surface area (Å²) in [6.07, 6.45) is 0. The van der Waals surface area contributed by atoms with Crippen LogP contribution < -0.4 is 5.73 Å². The molecule has 0 fully saturated rings. The van der Waals surface area contributed by atoms with Gasteiger partial charge < -0.3 is 19.5 Å². The Hall–Kier alpha value is -2.84. The summed E-state index contributed by atoms with van der Waals surface area (Å²) >= 11 is 0. The molecule has 0 aromatic heterocycles. The third-order valence-corrected chi connectivity index (χ3v) is 6.70. The lowest BCUT2D eigenvalue weighted by atomic mass is 9.88. The van der Waals surface area contributed by atoms with E-state index >= 15 is 0 Å². The van der Waals surface area contributed by atoms with Crippen LogP contribution in [0.2, 0.25) is 0 Å². The fourth-order valence-electron chi connectivity index (χ4n) is 3.31. The van der Waals surface area contributed by atoms with Gasteiger partial charge in [-0.1, -0.05) is 60.7 Å². The van der Waals surface area contributed by atoms with E-state index in [1.807, 2.05) is 60.7 Å². The van der Waals surface area contributed by atoms with Crippen molar-refractivity contribution in [2.24, 2.45) is 5.73 Å². The van der Waals surface area contributed by atoms with Gasteiger partial charge >= 0.3 is 7.60 Å². The minimum absolute atomic E-state index is 0.0245. The number of ether oxygens (including phenoxy) is 1. The number of rotatable bonds is 7. The molecular formula is C22H23N2O4P. The molecule has 0 bridgehead atoms. The first-order chi connectivity index (χ1) is 14.1. The molecule has 2 aromatic carbocycles. The van der Waals surface area contributed by atoms with Crippen molar-refractivity contribution in [1.82, 2.24) is 0 Å². The maximum atomic E-state index is 13.9. The van der Waals surface area contributed by atoms with Gasteiger partial charge in [-0.05, 0) is 19.4 Å². The lowest BCUT2D eigenvalue weighted by molar-refractivity contribution is 0.223. The van der Waals surface area contributed by atoms with Crippen LogP contribution in [0.4, 0.5) is 0 Å². The summed E-state index contributed by atoms with van der Waals surface area (Å²) in [6.45, 7) is 3.83. The quantitative estimate of drug-likeness (QED) is 0.636. The molecule has 2 N–H and O–H groups in total. The summed E-state index contributed by atoms with van der Waals surface area (Å²) in [6, 6.07) is 20.6. The number of nitriles is 1. The molecule has 3 rings (SSSR count). The minimum Gasteiger partial charge on any atom is -0.439 e. The maximum Gasteiger partial charge on any atom is 0.362 e. The Morgan fingerprint density at radius 1 is 1.03 bits per heavy atom. The molecule has 0 aliphatic carbocycles. The van der Waals surface area contributed by atoms with Gasteiger partial charge in [-0.2, -0.15) is 5.26 Å². The fraction of sp³-hybridized carbons (Fsp3) is 0.227. The molecule has 0 saturated carbocycles. The van der Waals surface area contributed by atoms with Crippen LogP contribution in [0, 0.1) is 11.3 Å². The zero-order chi connectivity index (χ0) is 20.9. The molecule has 1 atom stereocenters. The second-order valence-corrected chi connectivity index (χ2v) is 8.24. The summed E-state index contributed by atoms with van der Waals surface area (Å²) in [5, 5.41) is 10.1. The van der Waals surface area contributed by atoms with Crippen LogP contribution in [0.15, 0.2) is 77.4 Å². The summed E-state index contributed by atoms with van der Waals surface area (Å²) in [7, 11) is -3.80. The van der Waals surface area contributed by atoms with E-state index in [9.17, 15) is 9.83 Å². The van der Waals surface area contributed by atoms with Gasteiger partial charge in [-0.3, -0.25) is 4.57 Å². The van der Waals surface area contributed by atoms with Gasteiger partial charge in [0.05, 0.1) is 24.4 Å². The van der Waals surface area contributed by atoms with Crippen LogP contribution in [0.3, 0.4) is 0 Å². The van der Waals surface area contributed by atoms with Crippen molar-refractivity contribution in [2.45, 2.75) is 19.8 Å². The SMILES string of the molecule is CCOP(=O)(OCC)C1=C(c2ccccc2)OC(N)=C(C#N)[C@H]1c1ccccc1. The van der Waals surface area contributed by atoms with Gasteiger partial charge in [0, 0.05) is 5.56 Å². The molecule has 2 aromatic rings. The molecule has 6 nitrogen and oxygen atoms in total. The average molecular weight is 410 g/mol. The molecule has 0 unspecified atom stereocenters. The third-order valence-electron chi connectivity index (χ3n) is 4.45. The van der Waals surface area contributed by atoms with Gasteiger partial charge in [0.2, 0.25) is 5.88 Å². The summed E-state index contributed by atoms with van der Waals surface area (Å²) in [4.78, 5) is 0. The molecule has 0 saturated heterocycles. The normalized spacial score (nSPS) is 17.1. The van der Waals surface area contributed by atoms with Crippen molar-refractivity contribution in [3.05, 3.63) is 88.6 Å². The number of hydrogen-bond acceptors (Lipinski definition) is 6. The van der Waals surface area contributed by atoms with Crippen molar-refractivity contribution in [2.75, 3.05) is 13.2 Å². The second-order valence-electron chi connectivity index (χ2n) is 6.25. The van der Waals surface area contributed by atoms with Crippen LogP contribution in [0.1, 0.15) is 30.9 Å². The Labute approximate surface area is 170 Å². The van der Waals surface area contributed by atoms with E-state index in [2.05, 4.69) is 6.07 Å². The maximum absolute atomic E-state index is 13.9. The third kappa shape index (κ3) is 4.13. The highest BCUT2D eigenvalue weighted by atomic mass is 31.2. The van der Waals surface area contributed by atoms with Crippen LogP contribution in [-0.2, 0) is 18.3 Å². The first-order valence-corrected chi connectivity index (χ1v) is 10.9. The zero-order valence-corrected chi connectivity index (χ0v) is 17.3. The highest BCUT2D eigenvalue weighted by Crippen LogP contribution is 2.65. The summed E-state index contributed by atoms with van der Waals surface area (Å²) in [5.41, 5.74) is 7.72. The van der Waals surface area contributed by atoms with E-state index in [0.717, 1.165) is 5.56 Å². The lowest BCUT2D eigenvalue weighted by Gasteiger charge is -2.32.